The molecule has 4 nitrogen and oxygen atoms in total. The van der Waals surface area contributed by atoms with Crippen molar-refractivity contribution in [3.05, 3.63) is 59.7 Å². The lowest BCUT2D eigenvalue weighted by Crippen LogP contribution is -2.47. The smallest absolute Gasteiger partial charge is 0.304 e. The third-order valence-electron chi connectivity index (χ3n) is 4.74. The maximum Gasteiger partial charge on any atom is 0.317 e. The van der Waals surface area contributed by atoms with Crippen LogP contribution in [0.1, 0.15) is 18.1 Å². The Morgan fingerprint density at radius 2 is 1.57 bits per heavy atom. The van der Waals surface area contributed by atoms with Crippen LogP contribution in [0.3, 0.4) is 0 Å². The summed E-state index contributed by atoms with van der Waals surface area (Å²) < 4.78 is 0. The maximum absolute atomic E-state index is 12.8. The van der Waals surface area contributed by atoms with E-state index in [9.17, 15) is 9.59 Å². The molecule has 2 heterocycles. The molecule has 0 saturated carbocycles. The van der Waals surface area contributed by atoms with Gasteiger partial charge in [-0.15, -0.1) is 0 Å². The van der Waals surface area contributed by atoms with E-state index >= 15 is 0 Å². The zero-order valence-electron chi connectivity index (χ0n) is 13.0. The van der Waals surface area contributed by atoms with Crippen molar-refractivity contribution in [1.82, 2.24) is 0 Å². The molecule has 0 aromatic heterocycles. The number of hydrogen-bond donors (Lipinski definition) is 0. The van der Waals surface area contributed by atoms with Crippen molar-refractivity contribution in [3.8, 4) is 0 Å². The normalized spacial score (nSPS) is 18.7. The number of nitrogens with zero attached hydrogens (tertiary/aromatic N) is 2. The van der Waals surface area contributed by atoms with Gasteiger partial charge in [-0.3, -0.25) is 9.59 Å². The van der Waals surface area contributed by atoms with Crippen molar-refractivity contribution < 1.29 is 9.59 Å². The van der Waals surface area contributed by atoms with E-state index in [1.54, 1.807) is 9.80 Å². The Labute approximate surface area is 135 Å². The minimum atomic E-state index is -0.432. The fourth-order valence-corrected chi connectivity index (χ4v) is 3.64. The molecule has 0 radical (unpaired) electrons. The number of amides is 2. The van der Waals surface area contributed by atoms with Crippen molar-refractivity contribution in [2.45, 2.75) is 25.8 Å². The molecule has 2 aliphatic heterocycles. The van der Waals surface area contributed by atoms with Gasteiger partial charge in [0.2, 0.25) is 0 Å². The fraction of sp³-hybridized carbons (Fsp3) is 0.263. The second-order valence-corrected chi connectivity index (χ2v) is 6.19. The van der Waals surface area contributed by atoms with Crippen molar-refractivity contribution in [2.24, 2.45) is 0 Å². The summed E-state index contributed by atoms with van der Waals surface area (Å²) in [5.74, 6) is -0.863. The van der Waals surface area contributed by atoms with Crippen molar-refractivity contribution in [1.29, 1.82) is 0 Å². The molecule has 2 amide bonds. The second-order valence-electron chi connectivity index (χ2n) is 6.19. The Bertz CT molecular complexity index is 799. The summed E-state index contributed by atoms with van der Waals surface area (Å²) in [5, 5.41) is 0. The molecule has 1 unspecified atom stereocenters. The van der Waals surface area contributed by atoms with Gasteiger partial charge in [0, 0.05) is 24.0 Å². The first-order valence-electron chi connectivity index (χ1n) is 7.97. The van der Waals surface area contributed by atoms with Gasteiger partial charge >= 0.3 is 11.8 Å². The third kappa shape index (κ3) is 2.13. The number of carbonyl (C=O) groups is 2. The van der Waals surface area contributed by atoms with Gasteiger partial charge in [-0.2, -0.15) is 0 Å². The Hall–Kier alpha value is -2.62. The molecule has 2 aliphatic rings. The molecule has 0 spiro atoms. The highest BCUT2D eigenvalue weighted by Gasteiger charge is 2.37. The number of benzene rings is 2. The van der Waals surface area contributed by atoms with E-state index in [1.165, 1.54) is 0 Å². The van der Waals surface area contributed by atoms with Gasteiger partial charge in [0.05, 0.1) is 0 Å². The van der Waals surface area contributed by atoms with E-state index in [2.05, 4.69) is 0 Å². The van der Waals surface area contributed by atoms with Gasteiger partial charge in [0.1, 0.15) is 0 Å². The van der Waals surface area contributed by atoms with Crippen molar-refractivity contribution in [3.63, 3.8) is 0 Å². The molecule has 0 saturated heterocycles. The van der Waals surface area contributed by atoms with Gasteiger partial charge in [-0.25, -0.2) is 0 Å². The fourth-order valence-electron chi connectivity index (χ4n) is 3.64. The van der Waals surface area contributed by atoms with Crippen LogP contribution in [0.5, 0.6) is 0 Å². The van der Waals surface area contributed by atoms with Crippen LogP contribution in [0.4, 0.5) is 11.4 Å². The average Bonchev–Trinajstić information content (AvgIpc) is 3.13. The Balaban J connectivity index is 1.64. The zero-order valence-corrected chi connectivity index (χ0v) is 13.0. The maximum atomic E-state index is 12.8. The molecule has 23 heavy (non-hydrogen) atoms. The Kier molecular flexibility index (Phi) is 3.18. The zero-order chi connectivity index (χ0) is 16.0. The van der Waals surface area contributed by atoms with Crippen molar-refractivity contribution >= 4 is 23.2 Å². The van der Waals surface area contributed by atoms with Gasteiger partial charge in [-0.05, 0) is 43.0 Å². The average molecular weight is 306 g/mol. The summed E-state index contributed by atoms with van der Waals surface area (Å²) >= 11 is 0. The number of para-hydroxylation sites is 2. The highest BCUT2D eigenvalue weighted by Crippen LogP contribution is 2.33. The van der Waals surface area contributed by atoms with Crippen LogP contribution < -0.4 is 9.80 Å². The van der Waals surface area contributed by atoms with Crippen LogP contribution in [-0.2, 0) is 22.4 Å². The highest BCUT2D eigenvalue weighted by molar-refractivity contribution is 6.45. The highest BCUT2D eigenvalue weighted by atomic mass is 16.2. The molecule has 116 valence electrons. The first-order valence-corrected chi connectivity index (χ1v) is 7.97. The van der Waals surface area contributed by atoms with Gasteiger partial charge in [0.15, 0.2) is 0 Å². The molecule has 2 aromatic rings. The topological polar surface area (TPSA) is 40.6 Å². The van der Waals surface area contributed by atoms with Gasteiger partial charge in [0.25, 0.3) is 0 Å². The summed E-state index contributed by atoms with van der Waals surface area (Å²) in [7, 11) is 0. The van der Waals surface area contributed by atoms with Crippen LogP contribution in [0.15, 0.2) is 48.5 Å². The first-order chi connectivity index (χ1) is 11.2. The molecule has 0 fully saturated rings. The Morgan fingerprint density at radius 3 is 2.35 bits per heavy atom. The van der Waals surface area contributed by atoms with Crippen LogP contribution in [0.2, 0.25) is 0 Å². The molecular formula is C19H18N2O2. The summed E-state index contributed by atoms with van der Waals surface area (Å²) in [6.45, 7) is 2.57. The summed E-state index contributed by atoms with van der Waals surface area (Å²) in [5.41, 5.74) is 3.99. The standard InChI is InChI=1S/C19H18N2O2/c1-13-12-15-7-3-5-9-17(15)21(13)19(23)18(22)20-11-10-14-6-2-4-8-16(14)20/h2-9,13H,10-12H2,1H3. The van der Waals surface area contributed by atoms with Crippen LogP contribution >= 0.6 is 0 Å². The van der Waals surface area contributed by atoms with E-state index in [4.69, 9.17) is 0 Å². The number of anilines is 2. The Morgan fingerprint density at radius 1 is 0.913 bits per heavy atom. The molecule has 0 aliphatic carbocycles. The molecule has 1 atom stereocenters. The lowest BCUT2D eigenvalue weighted by molar-refractivity contribution is -0.136. The quantitative estimate of drug-likeness (QED) is 0.702. The van der Waals surface area contributed by atoms with Gasteiger partial charge < -0.3 is 9.80 Å². The van der Waals surface area contributed by atoms with Crippen LogP contribution in [0, 0.1) is 0 Å². The number of hydrogen-bond acceptors (Lipinski definition) is 2. The first kappa shape index (κ1) is 14.0. The van der Waals surface area contributed by atoms with E-state index in [1.807, 2.05) is 55.5 Å². The molecular weight excluding hydrogens is 288 g/mol. The van der Waals surface area contributed by atoms with E-state index in [0.717, 1.165) is 35.3 Å². The summed E-state index contributed by atoms with van der Waals surface area (Å²) in [6, 6.07) is 15.6. The van der Waals surface area contributed by atoms with Crippen LogP contribution in [-0.4, -0.2) is 24.4 Å². The lowest BCUT2D eigenvalue weighted by Gasteiger charge is -2.25. The molecule has 2 aromatic carbocycles. The predicted molar refractivity (Wildman–Crippen MR) is 89.6 cm³/mol. The molecule has 0 bridgehead atoms. The van der Waals surface area contributed by atoms with E-state index < -0.39 is 11.8 Å². The largest absolute Gasteiger partial charge is 0.317 e. The second kappa shape index (κ2) is 5.23. The molecule has 0 N–H and O–H groups in total. The predicted octanol–water partition coefficient (Wildman–Crippen LogP) is 2.55. The molecule has 4 heteroatoms. The minimum Gasteiger partial charge on any atom is -0.304 e. The number of fused-ring (bicyclic) bond motifs is 2. The minimum absolute atomic E-state index is 0.0155. The summed E-state index contributed by atoms with van der Waals surface area (Å²) in [6.07, 6.45) is 1.60. The van der Waals surface area contributed by atoms with Gasteiger partial charge in [-0.1, -0.05) is 36.4 Å². The third-order valence-corrected chi connectivity index (χ3v) is 4.74. The molecule has 4 rings (SSSR count). The lowest BCUT2D eigenvalue weighted by atomic mass is 10.1. The van der Waals surface area contributed by atoms with E-state index in [-0.39, 0.29) is 6.04 Å². The van der Waals surface area contributed by atoms with E-state index in [0.29, 0.717) is 6.54 Å². The van der Waals surface area contributed by atoms with Crippen molar-refractivity contribution in [2.75, 3.05) is 16.3 Å². The monoisotopic (exact) mass is 306 g/mol. The number of carbonyl (C=O) groups excluding carboxylic acids is 2. The summed E-state index contributed by atoms with van der Waals surface area (Å²) in [4.78, 5) is 28.9. The van der Waals surface area contributed by atoms with Crippen LogP contribution in [0.25, 0.3) is 0 Å². The number of rotatable bonds is 0. The SMILES string of the molecule is CC1Cc2ccccc2N1C(=O)C(=O)N1CCc2ccccc21.